The number of carbonyl (C=O) groups is 1. The Morgan fingerprint density at radius 1 is 1.27 bits per heavy atom. The number of aromatic nitrogens is 4. The summed E-state index contributed by atoms with van der Waals surface area (Å²) in [4.78, 5) is 35.7. The molecule has 1 aliphatic rings. The van der Waals surface area contributed by atoms with Crippen LogP contribution in [0, 0.1) is 5.82 Å². The summed E-state index contributed by atoms with van der Waals surface area (Å²) in [5.74, 6) is 0.0982. The van der Waals surface area contributed by atoms with E-state index in [1.807, 2.05) is 0 Å². The normalized spacial score (nSPS) is 14.3. The molecule has 1 saturated heterocycles. The Hall–Kier alpha value is -3.03. The number of fused-ring (bicyclic) bond motifs is 1. The van der Waals surface area contributed by atoms with Gasteiger partial charge in [0.1, 0.15) is 17.2 Å². The van der Waals surface area contributed by atoms with Crippen molar-refractivity contribution in [3.05, 3.63) is 58.2 Å². The van der Waals surface area contributed by atoms with Gasteiger partial charge in [0.2, 0.25) is 0 Å². The van der Waals surface area contributed by atoms with Crippen molar-refractivity contribution in [2.45, 2.75) is 19.3 Å². The third-order valence-corrected chi connectivity index (χ3v) is 4.67. The van der Waals surface area contributed by atoms with Crippen molar-refractivity contribution in [3.63, 3.8) is 0 Å². The molecule has 0 N–H and O–H groups in total. The molecule has 1 aliphatic heterocycles. The van der Waals surface area contributed by atoms with Crippen LogP contribution in [0.3, 0.4) is 0 Å². The summed E-state index contributed by atoms with van der Waals surface area (Å²) in [6, 6.07) is 5.84. The van der Waals surface area contributed by atoms with E-state index in [-0.39, 0.29) is 17.5 Å². The standard InChI is InChI=1S/C18H18FN5O2/c1-22-14-11-20-15(10-12-5-4-6-13(19)9-12)21-16(14)24(17(22)25)18(26)23-7-2-3-8-23/h4-6,9,11H,2-3,7-8,10H2,1H3. The molecule has 0 spiro atoms. The Balaban J connectivity index is 1.78. The zero-order valence-electron chi connectivity index (χ0n) is 14.4. The summed E-state index contributed by atoms with van der Waals surface area (Å²) in [6.45, 7) is 1.28. The van der Waals surface area contributed by atoms with Crippen molar-refractivity contribution in [1.82, 2.24) is 24.0 Å². The molecule has 4 rings (SSSR count). The Morgan fingerprint density at radius 2 is 2.04 bits per heavy atom. The van der Waals surface area contributed by atoms with E-state index in [2.05, 4.69) is 9.97 Å². The van der Waals surface area contributed by atoms with Crippen molar-refractivity contribution in [1.29, 1.82) is 0 Å². The molecule has 1 fully saturated rings. The maximum absolute atomic E-state index is 13.4. The first-order valence-corrected chi connectivity index (χ1v) is 8.51. The van der Waals surface area contributed by atoms with Crippen molar-refractivity contribution in [2.24, 2.45) is 7.05 Å². The number of rotatable bonds is 2. The second-order valence-corrected chi connectivity index (χ2v) is 6.46. The van der Waals surface area contributed by atoms with Gasteiger partial charge >= 0.3 is 11.7 Å². The van der Waals surface area contributed by atoms with Gasteiger partial charge in [-0.1, -0.05) is 12.1 Å². The molecule has 0 unspecified atom stereocenters. The molecule has 0 aliphatic carbocycles. The molecule has 2 aromatic heterocycles. The molecule has 0 bridgehead atoms. The van der Waals surface area contributed by atoms with E-state index >= 15 is 0 Å². The fraction of sp³-hybridized carbons (Fsp3) is 0.333. The van der Waals surface area contributed by atoms with Crippen molar-refractivity contribution < 1.29 is 9.18 Å². The second kappa shape index (κ2) is 6.36. The minimum Gasteiger partial charge on any atom is -0.324 e. The van der Waals surface area contributed by atoms with Gasteiger partial charge in [-0.05, 0) is 30.5 Å². The van der Waals surface area contributed by atoms with Crippen LogP contribution in [-0.2, 0) is 13.5 Å². The van der Waals surface area contributed by atoms with Gasteiger partial charge in [-0.15, -0.1) is 0 Å². The van der Waals surface area contributed by atoms with Crippen LogP contribution in [0.1, 0.15) is 24.2 Å². The number of benzene rings is 1. The Labute approximate surface area is 148 Å². The van der Waals surface area contributed by atoms with Crippen LogP contribution in [0.15, 0.2) is 35.3 Å². The molecule has 134 valence electrons. The van der Waals surface area contributed by atoms with Gasteiger partial charge in [0, 0.05) is 26.6 Å². The first-order chi connectivity index (χ1) is 12.5. The second-order valence-electron chi connectivity index (χ2n) is 6.46. The van der Waals surface area contributed by atoms with Crippen LogP contribution < -0.4 is 5.69 Å². The lowest BCUT2D eigenvalue weighted by Gasteiger charge is -2.14. The lowest BCUT2D eigenvalue weighted by atomic mass is 10.1. The quantitative estimate of drug-likeness (QED) is 0.704. The zero-order chi connectivity index (χ0) is 18.3. The zero-order valence-corrected chi connectivity index (χ0v) is 14.4. The third kappa shape index (κ3) is 2.77. The largest absolute Gasteiger partial charge is 0.338 e. The summed E-state index contributed by atoms with van der Waals surface area (Å²) >= 11 is 0. The van der Waals surface area contributed by atoms with Gasteiger partial charge in [-0.25, -0.2) is 23.9 Å². The molecule has 1 amide bonds. The van der Waals surface area contributed by atoms with E-state index in [9.17, 15) is 14.0 Å². The number of hydrogen-bond acceptors (Lipinski definition) is 4. The van der Waals surface area contributed by atoms with Gasteiger partial charge in [-0.2, -0.15) is 4.57 Å². The maximum atomic E-state index is 13.4. The molecular weight excluding hydrogens is 337 g/mol. The van der Waals surface area contributed by atoms with Crippen LogP contribution in [0.5, 0.6) is 0 Å². The van der Waals surface area contributed by atoms with Crippen LogP contribution in [0.25, 0.3) is 11.2 Å². The minimum absolute atomic E-state index is 0.288. The van der Waals surface area contributed by atoms with E-state index in [0.717, 1.165) is 23.0 Å². The summed E-state index contributed by atoms with van der Waals surface area (Å²) in [5.41, 5.74) is 1.07. The average molecular weight is 355 g/mol. The maximum Gasteiger partial charge on any atom is 0.338 e. The number of hydrogen-bond donors (Lipinski definition) is 0. The van der Waals surface area contributed by atoms with E-state index in [4.69, 9.17) is 0 Å². The summed E-state index contributed by atoms with van der Waals surface area (Å²) in [6.07, 6.45) is 3.72. The topological polar surface area (TPSA) is 73.0 Å². The number of amides is 1. The van der Waals surface area contributed by atoms with Crippen LogP contribution in [-0.4, -0.2) is 43.1 Å². The monoisotopic (exact) mass is 355 g/mol. The van der Waals surface area contributed by atoms with E-state index < -0.39 is 5.69 Å². The number of halogens is 1. The Kier molecular flexibility index (Phi) is 4.02. The highest BCUT2D eigenvalue weighted by Crippen LogP contribution is 2.15. The third-order valence-electron chi connectivity index (χ3n) is 4.67. The highest BCUT2D eigenvalue weighted by atomic mass is 19.1. The summed E-state index contributed by atoms with van der Waals surface area (Å²) in [5, 5.41) is 0. The SMILES string of the molecule is Cn1c(=O)n(C(=O)N2CCCC2)c2nc(Cc3cccc(F)c3)ncc21. The number of nitrogens with zero attached hydrogens (tertiary/aromatic N) is 5. The molecule has 0 atom stereocenters. The predicted octanol–water partition coefficient (Wildman–Crippen LogP) is 1.92. The molecule has 8 heteroatoms. The predicted molar refractivity (Wildman–Crippen MR) is 93.6 cm³/mol. The summed E-state index contributed by atoms with van der Waals surface area (Å²) < 4.78 is 15.9. The lowest BCUT2D eigenvalue weighted by molar-refractivity contribution is 0.210. The van der Waals surface area contributed by atoms with E-state index in [0.29, 0.717) is 30.9 Å². The van der Waals surface area contributed by atoms with Gasteiger partial charge in [0.15, 0.2) is 5.65 Å². The molecule has 3 heterocycles. The molecular formula is C18H18FN5O2. The molecule has 1 aromatic carbocycles. The van der Waals surface area contributed by atoms with Gasteiger partial charge in [0.05, 0.1) is 6.20 Å². The van der Waals surface area contributed by atoms with Crippen LogP contribution >= 0.6 is 0 Å². The summed E-state index contributed by atoms with van der Waals surface area (Å²) in [7, 11) is 1.59. The molecule has 0 saturated carbocycles. The number of aryl methyl sites for hydroxylation is 1. The fourth-order valence-electron chi connectivity index (χ4n) is 3.28. The smallest absolute Gasteiger partial charge is 0.324 e. The average Bonchev–Trinajstić information content (AvgIpc) is 3.23. The van der Waals surface area contributed by atoms with Crippen molar-refractivity contribution in [3.8, 4) is 0 Å². The van der Waals surface area contributed by atoms with E-state index in [1.165, 1.54) is 22.9 Å². The minimum atomic E-state index is -0.436. The first-order valence-electron chi connectivity index (χ1n) is 8.51. The number of likely N-dealkylation sites (tertiary alicyclic amines) is 1. The fourth-order valence-corrected chi connectivity index (χ4v) is 3.28. The molecule has 3 aromatic rings. The number of imidazole rings is 1. The highest BCUT2D eigenvalue weighted by molar-refractivity contribution is 5.87. The molecule has 0 radical (unpaired) electrons. The van der Waals surface area contributed by atoms with Gasteiger partial charge in [-0.3, -0.25) is 4.57 Å². The first kappa shape index (κ1) is 16.4. The van der Waals surface area contributed by atoms with Crippen molar-refractivity contribution >= 4 is 17.2 Å². The number of carbonyl (C=O) groups excluding carboxylic acids is 1. The van der Waals surface area contributed by atoms with Gasteiger partial charge in [0.25, 0.3) is 0 Å². The van der Waals surface area contributed by atoms with Crippen LogP contribution in [0.2, 0.25) is 0 Å². The molecule has 7 nitrogen and oxygen atoms in total. The van der Waals surface area contributed by atoms with Crippen LogP contribution in [0.4, 0.5) is 9.18 Å². The van der Waals surface area contributed by atoms with E-state index in [1.54, 1.807) is 24.1 Å². The van der Waals surface area contributed by atoms with Crippen molar-refractivity contribution in [2.75, 3.05) is 13.1 Å². The van der Waals surface area contributed by atoms with Gasteiger partial charge < -0.3 is 4.90 Å². The highest BCUT2D eigenvalue weighted by Gasteiger charge is 2.25. The lowest BCUT2D eigenvalue weighted by Crippen LogP contribution is -2.38. The molecule has 26 heavy (non-hydrogen) atoms. The Morgan fingerprint density at radius 3 is 2.77 bits per heavy atom. The Bertz CT molecular complexity index is 1050.